The maximum absolute atomic E-state index is 13.0. The second kappa shape index (κ2) is 6.59. The fourth-order valence-electron chi connectivity index (χ4n) is 2.21. The number of carbonyl (C=O) groups is 1. The summed E-state index contributed by atoms with van der Waals surface area (Å²) in [6.45, 7) is 0.763. The highest BCUT2D eigenvalue weighted by Gasteiger charge is 2.24. The van der Waals surface area contributed by atoms with Gasteiger partial charge in [0.1, 0.15) is 5.82 Å². The fraction of sp³-hybridized carbons (Fsp3) is 0.400. The fourth-order valence-corrected chi connectivity index (χ4v) is 2.39. The molecule has 122 valence electrons. The minimum atomic E-state index is -0.322. The monoisotopic (exact) mass is 337 g/mol. The van der Waals surface area contributed by atoms with Crippen LogP contribution in [0.15, 0.2) is 28.7 Å². The molecule has 0 radical (unpaired) electrons. The van der Waals surface area contributed by atoms with Crippen molar-refractivity contribution in [3.8, 4) is 11.5 Å². The normalized spacial score (nSPS) is 15.4. The number of nitrogens with one attached hydrogen (secondary N) is 2. The van der Waals surface area contributed by atoms with Crippen LogP contribution in [-0.2, 0) is 11.5 Å². The van der Waals surface area contributed by atoms with E-state index in [1.807, 2.05) is 7.05 Å². The molecule has 2 N–H and O–H groups in total. The highest BCUT2D eigenvalue weighted by atomic mass is 32.1. The summed E-state index contributed by atoms with van der Waals surface area (Å²) in [6, 6.07) is 6.20. The molecule has 1 heterocycles. The number of hydrogen-bond acceptors (Lipinski definition) is 4. The van der Waals surface area contributed by atoms with Crippen LogP contribution < -0.4 is 10.2 Å². The van der Waals surface area contributed by atoms with E-state index >= 15 is 0 Å². The summed E-state index contributed by atoms with van der Waals surface area (Å²) >= 11 is 5.16. The van der Waals surface area contributed by atoms with Gasteiger partial charge in [-0.2, -0.15) is 4.68 Å². The molecule has 1 unspecified atom stereocenters. The molecule has 3 rings (SSSR count). The van der Waals surface area contributed by atoms with Gasteiger partial charge in [0, 0.05) is 11.6 Å². The highest BCUT2D eigenvalue weighted by Crippen LogP contribution is 2.18. The zero-order chi connectivity index (χ0) is 16.4. The Balaban J connectivity index is 1.64. The van der Waals surface area contributed by atoms with Crippen LogP contribution in [0.5, 0.6) is 0 Å². The Kier molecular flexibility index (Phi) is 4.53. The van der Waals surface area contributed by atoms with Crippen molar-refractivity contribution in [2.24, 2.45) is 0 Å². The van der Waals surface area contributed by atoms with Crippen LogP contribution in [0.2, 0.25) is 0 Å². The molecule has 1 aromatic carbocycles. The lowest BCUT2D eigenvalue weighted by atomic mass is 10.2. The Bertz CT molecular complexity index is 752. The summed E-state index contributed by atoms with van der Waals surface area (Å²) in [5, 5.41) is 7.25. The molecule has 23 heavy (non-hydrogen) atoms. The van der Waals surface area contributed by atoms with Crippen LogP contribution >= 0.6 is 12.2 Å². The Hall–Kier alpha value is -2.06. The molecule has 8 heteroatoms. The van der Waals surface area contributed by atoms with E-state index in [-0.39, 0.29) is 16.6 Å². The smallest absolute Gasteiger partial charge is 0.292 e. The van der Waals surface area contributed by atoms with Crippen LogP contribution in [0.1, 0.15) is 12.8 Å². The zero-order valence-electron chi connectivity index (χ0n) is 12.7. The first-order valence-corrected chi connectivity index (χ1v) is 7.86. The van der Waals surface area contributed by atoms with E-state index in [4.69, 9.17) is 16.6 Å². The van der Waals surface area contributed by atoms with Gasteiger partial charge in [0.05, 0.1) is 7.05 Å². The Morgan fingerprint density at radius 2 is 2.17 bits per heavy atom. The predicted octanol–water partition coefficient (Wildman–Crippen LogP) is 0.762. The maximum Gasteiger partial charge on any atom is 0.292 e. The van der Waals surface area contributed by atoms with Gasteiger partial charge < -0.3 is 14.6 Å². The van der Waals surface area contributed by atoms with E-state index in [1.54, 1.807) is 12.1 Å². The number of halogens is 1. The van der Waals surface area contributed by atoms with Crippen LogP contribution in [0.3, 0.4) is 0 Å². The van der Waals surface area contributed by atoms with E-state index in [9.17, 15) is 9.18 Å². The van der Waals surface area contributed by atoms with Crippen molar-refractivity contribution in [3.05, 3.63) is 34.9 Å². The van der Waals surface area contributed by atoms with Crippen LogP contribution in [-0.4, -0.2) is 35.3 Å². The Morgan fingerprint density at radius 1 is 1.48 bits per heavy atom. The van der Waals surface area contributed by atoms with Crippen LogP contribution in [0, 0.1) is 10.7 Å². The van der Waals surface area contributed by atoms with E-state index in [0.717, 1.165) is 17.7 Å². The number of quaternary nitrogens is 1. The van der Waals surface area contributed by atoms with Crippen molar-refractivity contribution < 1.29 is 18.5 Å². The van der Waals surface area contributed by atoms with Crippen LogP contribution in [0.4, 0.5) is 4.39 Å². The molecule has 6 nitrogen and oxygen atoms in total. The number of likely N-dealkylation sites (N-methyl/N-ethyl adjacent to an activating group) is 1. The van der Waals surface area contributed by atoms with Crippen molar-refractivity contribution in [1.82, 2.24) is 15.1 Å². The van der Waals surface area contributed by atoms with Crippen molar-refractivity contribution >= 4 is 18.1 Å². The molecule has 0 spiro atoms. The van der Waals surface area contributed by atoms with Gasteiger partial charge in [-0.25, -0.2) is 4.39 Å². The number of aromatic nitrogens is 2. The number of benzene rings is 1. The van der Waals surface area contributed by atoms with Crippen LogP contribution in [0.25, 0.3) is 11.5 Å². The lowest BCUT2D eigenvalue weighted by Gasteiger charge is -2.12. The molecule has 1 aliphatic carbocycles. The van der Waals surface area contributed by atoms with E-state index < -0.39 is 0 Å². The molecule has 1 amide bonds. The van der Waals surface area contributed by atoms with Crippen molar-refractivity contribution in [3.63, 3.8) is 0 Å². The maximum atomic E-state index is 13.0. The summed E-state index contributed by atoms with van der Waals surface area (Å²) in [4.78, 5) is 13.0. The number of carbonyl (C=O) groups excluding carboxylic acids is 1. The summed E-state index contributed by atoms with van der Waals surface area (Å²) in [7, 11) is 1.89. The molecule has 1 aliphatic rings. The van der Waals surface area contributed by atoms with Gasteiger partial charge in [-0.1, -0.05) is 0 Å². The number of amides is 1. The first-order chi connectivity index (χ1) is 11.0. The molecule has 1 saturated carbocycles. The molecule has 1 aromatic heterocycles. The van der Waals surface area contributed by atoms with E-state index in [0.29, 0.717) is 30.7 Å². The molecular weight excluding hydrogens is 319 g/mol. The molecule has 2 aromatic rings. The third-order valence-corrected chi connectivity index (χ3v) is 3.82. The van der Waals surface area contributed by atoms with Gasteiger partial charge in [-0.05, 0) is 49.3 Å². The molecule has 1 atom stereocenters. The average molecular weight is 337 g/mol. The first kappa shape index (κ1) is 15.8. The topological polar surface area (TPSA) is 64.5 Å². The van der Waals surface area contributed by atoms with E-state index in [1.165, 1.54) is 16.8 Å². The summed E-state index contributed by atoms with van der Waals surface area (Å²) < 4.78 is 19.9. The number of hydrogen-bond donors (Lipinski definition) is 2. The van der Waals surface area contributed by atoms with Gasteiger partial charge in [-0.15, -0.1) is 5.10 Å². The van der Waals surface area contributed by atoms with Gasteiger partial charge >= 0.3 is 0 Å². The van der Waals surface area contributed by atoms with E-state index in [2.05, 4.69) is 10.4 Å². The zero-order valence-corrected chi connectivity index (χ0v) is 13.5. The van der Waals surface area contributed by atoms with Gasteiger partial charge in [0.15, 0.2) is 13.2 Å². The van der Waals surface area contributed by atoms with Gasteiger partial charge in [0.25, 0.3) is 10.7 Å². The Labute approximate surface area is 137 Å². The second-order valence-electron chi connectivity index (χ2n) is 5.81. The molecule has 0 saturated heterocycles. The Morgan fingerprint density at radius 3 is 2.83 bits per heavy atom. The summed E-state index contributed by atoms with van der Waals surface area (Å²) in [6.07, 6.45) is 2.14. The number of nitrogens with zero attached hydrogens (tertiary/aromatic N) is 2. The molecule has 1 fully saturated rings. The SMILES string of the molecule is C[NH+](CC(=O)NC1CC1)Cn1nc(-c2ccc(F)cc2)oc1=S. The molecular formula is C15H18FN4O2S+. The lowest BCUT2D eigenvalue weighted by Crippen LogP contribution is -3.09. The third-order valence-electron chi connectivity index (χ3n) is 3.52. The number of rotatable bonds is 6. The second-order valence-corrected chi connectivity index (χ2v) is 6.16. The van der Waals surface area contributed by atoms with Crippen molar-refractivity contribution in [1.29, 1.82) is 0 Å². The summed E-state index contributed by atoms with van der Waals surface area (Å²) in [5.74, 6) is 0.0432. The lowest BCUT2D eigenvalue weighted by molar-refractivity contribution is -0.895. The van der Waals surface area contributed by atoms with Crippen molar-refractivity contribution in [2.75, 3.05) is 13.6 Å². The minimum absolute atomic E-state index is 0.0266. The third kappa shape index (κ3) is 4.23. The minimum Gasteiger partial charge on any atom is -0.409 e. The standard InChI is InChI=1S/C15H17FN4O2S/c1-19(8-13(21)17-12-6-7-12)9-20-15(23)22-14(18-20)10-2-4-11(16)5-3-10/h2-5,12H,6-9H2,1H3,(H,17,21)/p+1. The first-order valence-electron chi connectivity index (χ1n) is 7.46. The van der Waals surface area contributed by atoms with Gasteiger partial charge in [-0.3, -0.25) is 4.79 Å². The largest absolute Gasteiger partial charge is 0.409 e. The quantitative estimate of drug-likeness (QED) is 0.764. The van der Waals surface area contributed by atoms with Gasteiger partial charge in [0.2, 0.25) is 5.89 Å². The van der Waals surface area contributed by atoms with Crippen molar-refractivity contribution in [2.45, 2.75) is 25.6 Å². The molecule has 0 aliphatic heterocycles. The molecule has 0 bridgehead atoms. The predicted molar refractivity (Wildman–Crippen MR) is 83.6 cm³/mol. The highest BCUT2D eigenvalue weighted by molar-refractivity contribution is 7.71. The summed E-state index contributed by atoms with van der Waals surface area (Å²) in [5.41, 5.74) is 0.653. The average Bonchev–Trinajstić information content (AvgIpc) is 3.23.